The Morgan fingerprint density at radius 3 is 2.64 bits per heavy atom. The molecule has 1 aromatic carbocycles. The molecule has 3 rings (SSSR count). The molecule has 144 valence electrons. The Hall–Kier alpha value is -3.68. The second kappa shape index (κ2) is 7.91. The van der Waals surface area contributed by atoms with Crippen molar-refractivity contribution in [2.45, 2.75) is 19.4 Å². The number of primary amides is 2. The van der Waals surface area contributed by atoms with Gasteiger partial charge in [-0.05, 0) is 42.8 Å². The first kappa shape index (κ1) is 19.1. The first-order valence-corrected chi connectivity index (χ1v) is 8.85. The topological polar surface area (TPSA) is 127 Å². The number of fused-ring (bicyclic) bond motifs is 1. The molecule has 28 heavy (non-hydrogen) atoms. The van der Waals surface area contributed by atoms with E-state index in [0.29, 0.717) is 18.1 Å². The fraction of sp³-hybridized carbons (Fsp3) is 0.200. The molecule has 0 aliphatic carbocycles. The van der Waals surface area contributed by atoms with Gasteiger partial charge >= 0.3 is 0 Å². The van der Waals surface area contributed by atoms with Crippen LogP contribution in [0.1, 0.15) is 23.7 Å². The maximum atomic E-state index is 11.8. The Labute approximate surface area is 162 Å². The summed E-state index contributed by atoms with van der Waals surface area (Å²) >= 11 is 0. The third-order valence-electron chi connectivity index (χ3n) is 4.56. The number of pyridine rings is 2. The van der Waals surface area contributed by atoms with E-state index in [0.717, 1.165) is 16.6 Å². The van der Waals surface area contributed by atoms with Gasteiger partial charge in [0.1, 0.15) is 17.7 Å². The van der Waals surface area contributed by atoms with Crippen LogP contribution in [0, 0.1) is 0 Å². The highest BCUT2D eigenvalue weighted by molar-refractivity contribution is 5.99. The third kappa shape index (κ3) is 3.85. The molecule has 1 unspecified atom stereocenters. The summed E-state index contributed by atoms with van der Waals surface area (Å²) in [4.78, 5) is 34.0. The zero-order valence-electron chi connectivity index (χ0n) is 15.7. The Kier molecular flexibility index (Phi) is 5.39. The molecular formula is C20H22N6O2. The molecule has 0 spiro atoms. The molecule has 2 aromatic heterocycles. The lowest BCUT2D eigenvalue weighted by Gasteiger charge is -2.26. The van der Waals surface area contributed by atoms with Gasteiger partial charge in [-0.15, -0.1) is 0 Å². The fourth-order valence-corrected chi connectivity index (χ4v) is 3.06. The lowest BCUT2D eigenvalue weighted by atomic mass is 10.1. The lowest BCUT2D eigenvalue weighted by molar-refractivity contribution is -0.119. The van der Waals surface area contributed by atoms with Crippen LogP contribution in [0.2, 0.25) is 0 Å². The Bertz CT molecular complexity index is 1040. The van der Waals surface area contributed by atoms with E-state index in [1.54, 1.807) is 30.3 Å². The number of rotatable bonds is 7. The van der Waals surface area contributed by atoms with Gasteiger partial charge in [-0.3, -0.25) is 14.6 Å². The minimum atomic E-state index is -0.603. The largest absolute Gasteiger partial charge is 0.368 e. The number of benzene rings is 1. The van der Waals surface area contributed by atoms with Crippen LogP contribution in [0.5, 0.6) is 0 Å². The molecular weight excluding hydrogens is 356 g/mol. The lowest BCUT2D eigenvalue weighted by Crippen LogP contribution is -2.42. The van der Waals surface area contributed by atoms with Crippen LogP contribution < -0.4 is 21.7 Å². The number of nitrogens with two attached hydrogens (primary N) is 2. The SMILES string of the molecule is CCC(C(N)=O)N(C)c1ccc(C(N)=O)c(Nc2ccc3ncccc3c2)n1. The van der Waals surface area contributed by atoms with Crippen LogP contribution in [0.25, 0.3) is 10.9 Å². The number of anilines is 3. The van der Waals surface area contributed by atoms with Crippen LogP contribution in [0.4, 0.5) is 17.3 Å². The van der Waals surface area contributed by atoms with Gasteiger partial charge in [0.2, 0.25) is 5.91 Å². The fourth-order valence-electron chi connectivity index (χ4n) is 3.06. The number of aromatic nitrogens is 2. The second-order valence-corrected chi connectivity index (χ2v) is 6.40. The average molecular weight is 378 g/mol. The van der Waals surface area contributed by atoms with Crippen molar-refractivity contribution < 1.29 is 9.59 Å². The summed E-state index contributed by atoms with van der Waals surface area (Å²) in [6.07, 6.45) is 2.26. The Morgan fingerprint density at radius 1 is 1.18 bits per heavy atom. The molecule has 0 saturated heterocycles. The monoisotopic (exact) mass is 378 g/mol. The minimum absolute atomic E-state index is 0.246. The molecule has 3 aromatic rings. The van der Waals surface area contributed by atoms with Crippen molar-refractivity contribution in [3.8, 4) is 0 Å². The molecule has 5 N–H and O–H groups in total. The number of nitrogens with one attached hydrogen (secondary N) is 1. The van der Waals surface area contributed by atoms with Crippen LogP contribution >= 0.6 is 0 Å². The van der Waals surface area contributed by atoms with E-state index in [9.17, 15) is 9.59 Å². The number of nitrogens with zero attached hydrogens (tertiary/aromatic N) is 3. The highest BCUT2D eigenvalue weighted by Crippen LogP contribution is 2.25. The molecule has 0 aliphatic heterocycles. The van der Waals surface area contributed by atoms with Gasteiger partial charge in [0.15, 0.2) is 0 Å². The van der Waals surface area contributed by atoms with E-state index in [1.165, 1.54) is 0 Å². The van der Waals surface area contributed by atoms with Gasteiger partial charge in [-0.1, -0.05) is 13.0 Å². The van der Waals surface area contributed by atoms with Crippen molar-refractivity contribution in [1.82, 2.24) is 9.97 Å². The van der Waals surface area contributed by atoms with E-state index in [4.69, 9.17) is 11.5 Å². The molecule has 2 heterocycles. The van der Waals surface area contributed by atoms with Crippen molar-refractivity contribution in [1.29, 1.82) is 0 Å². The number of likely N-dealkylation sites (N-methyl/N-ethyl adjacent to an activating group) is 1. The van der Waals surface area contributed by atoms with Gasteiger partial charge in [0.05, 0.1) is 11.1 Å². The van der Waals surface area contributed by atoms with E-state index in [1.807, 2.05) is 37.3 Å². The average Bonchev–Trinajstić information content (AvgIpc) is 2.67. The number of carbonyl (C=O) groups excluding carboxylic acids is 2. The minimum Gasteiger partial charge on any atom is -0.368 e. The molecule has 0 fully saturated rings. The molecule has 8 heteroatoms. The first-order valence-electron chi connectivity index (χ1n) is 8.85. The van der Waals surface area contributed by atoms with E-state index in [2.05, 4.69) is 15.3 Å². The molecule has 8 nitrogen and oxygen atoms in total. The molecule has 0 radical (unpaired) electrons. The predicted octanol–water partition coefficient (Wildman–Crippen LogP) is 2.17. The maximum absolute atomic E-state index is 11.8. The smallest absolute Gasteiger partial charge is 0.252 e. The van der Waals surface area contributed by atoms with Crippen LogP contribution in [-0.4, -0.2) is 34.9 Å². The summed E-state index contributed by atoms with van der Waals surface area (Å²) in [7, 11) is 1.73. The number of amides is 2. The quantitative estimate of drug-likeness (QED) is 0.578. The number of hydrogen-bond acceptors (Lipinski definition) is 6. The van der Waals surface area contributed by atoms with Crippen molar-refractivity contribution in [3.63, 3.8) is 0 Å². The van der Waals surface area contributed by atoms with Gasteiger partial charge in [-0.25, -0.2) is 4.98 Å². The summed E-state index contributed by atoms with van der Waals surface area (Å²) < 4.78 is 0. The van der Waals surface area contributed by atoms with Gasteiger partial charge in [-0.2, -0.15) is 0 Å². The molecule has 2 amide bonds. The first-order chi connectivity index (χ1) is 13.4. The third-order valence-corrected chi connectivity index (χ3v) is 4.56. The van der Waals surface area contributed by atoms with Crippen molar-refractivity contribution in [2.75, 3.05) is 17.3 Å². The van der Waals surface area contributed by atoms with Crippen LogP contribution in [-0.2, 0) is 4.79 Å². The summed E-state index contributed by atoms with van der Waals surface area (Å²) in [5, 5.41) is 4.09. The highest BCUT2D eigenvalue weighted by atomic mass is 16.1. The standard InChI is InChI=1S/C20H22N6O2/c1-3-16(19(22)28)26(2)17-9-7-14(18(21)27)20(25-17)24-13-6-8-15-12(11-13)5-4-10-23-15/h4-11,16H,3H2,1-2H3,(H2,21,27)(H2,22,28)(H,24,25). The maximum Gasteiger partial charge on any atom is 0.252 e. The van der Waals surface area contributed by atoms with E-state index < -0.39 is 17.9 Å². The van der Waals surface area contributed by atoms with Crippen molar-refractivity contribution in [2.24, 2.45) is 11.5 Å². The Balaban J connectivity index is 1.99. The normalized spacial score (nSPS) is 11.8. The summed E-state index contributed by atoms with van der Waals surface area (Å²) in [6, 6.07) is 12.1. The number of carbonyl (C=O) groups is 2. The zero-order valence-corrected chi connectivity index (χ0v) is 15.7. The summed E-state index contributed by atoms with van der Waals surface area (Å²) in [5.41, 5.74) is 12.8. The molecule has 0 aliphatic rings. The van der Waals surface area contributed by atoms with E-state index >= 15 is 0 Å². The Morgan fingerprint density at radius 2 is 1.96 bits per heavy atom. The van der Waals surface area contributed by atoms with Gasteiger partial charge in [0, 0.05) is 24.3 Å². The van der Waals surface area contributed by atoms with Gasteiger partial charge in [0.25, 0.3) is 5.91 Å². The summed E-state index contributed by atoms with van der Waals surface area (Å²) in [6.45, 7) is 1.87. The van der Waals surface area contributed by atoms with Crippen molar-refractivity contribution >= 4 is 40.0 Å². The molecule has 0 saturated carbocycles. The predicted molar refractivity (Wildman–Crippen MR) is 109 cm³/mol. The summed E-state index contributed by atoms with van der Waals surface area (Å²) in [5.74, 6) is -0.240. The van der Waals surface area contributed by atoms with Crippen LogP contribution in [0.3, 0.4) is 0 Å². The zero-order chi connectivity index (χ0) is 20.3. The second-order valence-electron chi connectivity index (χ2n) is 6.40. The van der Waals surface area contributed by atoms with Crippen LogP contribution in [0.15, 0.2) is 48.7 Å². The van der Waals surface area contributed by atoms with Gasteiger partial charge < -0.3 is 21.7 Å². The van der Waals surface area contributed by atoms with Crippen molar-refractivity contribution in [3.05, 3.63) is 54.2 Å². The molecule has 1 atom stereocenters. The highest BCUT2D eigenvalue weighted by Gasteiger charge is 2.21. The van der Waals surface area contributed by atoms with E-state index in [-0.39, 0.29) is 5.56 Å². The number of hydrogen-bond donors (Lipinski definition) is 3. The molecule has 0 bridgehead atoms.